The number of aryl methyl sites for hydroxylation is 3. The maximum atomic E-state index is 13.7. The van der Waals surface area contributed by atoms with Crippen molar-refractivity contribution >= 4 is 22.8 Å². The third-order valence-electron chi connectivity index (χ3n) is 4.86. The molecule has 4 rings (SSSR count). The molecule has 1 N–H and O–H groups in total. The zero-order valence-corrected chi connectivity index (χ0v) is 16.6. The summed E-state index contributed by atoms with van der Waals surface area (Å²) in [4.78, 5) is 29.6. The van der Waals surface area contributed by atoms with Gasteiger partial charge in [-0.1, -0.05) is 30.3 Å². The Hall–Kier alpha value is -3.81. The number of carbonyl (C=O) groups excluding carboxylic acids is 1. The molecule has 0 spiro atoms. The molecular weight excluding hydrogens is 385 g/mol. The molecule has 0 fully saturated rings. The summed E-state index contributed by atoms with van der Waals surface area (Å²) in [5.41, 5.74) is 2.78. The van der Waals surface area contributed by atoms with Crippen LogP contribution in [0, 0.1) is 12.7 Å². The van der Waals surface area contributed by atoms with E-state index in [2.05, 4.69) is 15.4 Å². The number of hydrogen-bond acceptors (Lipinski definition) is 4. The molecule has 1 amide bonds. The Morgan fingerprint density at radius 1 is 1.10 bits per heavy atom. The van der Waals surface area contributed by atoms with Crippen molar-refractivity contribution in [1.29, 1.82) is 0 Å². The first-order valence-corrected chi connectivity index (χ1v) is 9.50. The van der Waals surface area contributed by atoms with Crippen molar-refractivity contribution in [1.82, 2.24) is 19.3 Å². The number of nitrogens with one attached hydrogen (secondary N) is 1. The molecule has 7 nitrogen and oxygen atoms in total. The van der Waals surface area contributed by atoms with Crippen LogP contribution in [0.25, 0.3) is 16.9 Å². The number of anilines is 1. The van der Waals surface area contributed by atoms with Gasteiger partial charge in [0, 0.05) is 19.9 Å². The number of benzene rings is 2. The minimum atomic E-state index is -0.509. The summed E-state index contributed by atoms with van der Waals surface area (Å²) in [5.74, 6) is -0.897. The summed E-state index contributed by atoms with van der Waals surface area (Å²) in [5, 5.41) is 7.06. The molecule has 0 radical (unpaired) electrons. The average molecular weight is 405 g/mol. The Morgan fingerprint density at radius 2 is 1.80 bits per heavy atom. The molecule has 152 valence electrons. The van der Waals surface area contributed by atoms with E-state index < -0.39 is 5.82 Å². The van der Waals surface area contributed by atoms with Crippen molar-refractivity contribution < 1.29 is 9.18 Å². The van der Waals surface area contributed by atoms with Crippen molar-refractivity contribution in [2.24, 2.45) is 7.05 Å². The topological polar surface area (TPSA) is 81.8 Å². The van der Waals surface area contributed by atoms with Gasteiger partial charge in [-0.05, 0) is 31.2 Å². The lowest BCUT2D eigenvalue weighted by Gasteiger charge is -2.09. The highest BCUT2D eigenvalue weighted by molar-refractivity contribution is 5.90. The van der Waals surface area contributed by atoms with Crippen molar-refractivity contribution in [3.8, 4) is 5.69 Å². The highest BCUT2D eigenvalue weighted by atomic mass is 19.1. The summed E-state index contributed by atoms with van der Waals surface area (Å²) < 4.78 is 16.9. The third-order valence-corrected chi connectivity index (χ3v) is 4.86. The Labute approximate surface area is 171 Å². The van der Waals surface area contributed by atoms with Crippen molar-refractivity contribution in [2.75, 3.05) is 5.32 Å². The van der Waals surface area contributed by atoms with Crippen molar-refractivity contribution in [2.45, 2.75) is 19.8 Å². The maximum absolute atomic E-state index is 13.7. The van der Waals surface area contributed by atoms with E-state index in [9.17, 15) is 14.0 Å². The molecule has 2 heterocycles. The smallest absolute Gasteiger partial charge is 0.273 e. The SMILES string of the molecule is Cc1nn(-c2ccccc2)c2c1nc(CCC(=O)Nc1ccccc1F)c(=O)n2C. The van der Waals surface area contributed by atoms with Gasteiger partial charge in [0.1, 0.15) is 17.0 Å². The van der Waals surface area contributed by atoms with E-state index in [-0.39, 0.29) is 35.7 Å². The van der Waals surface area contributed by atoms with Gasteiger partial charge < -0.3 is 5.32 Å². The lowest BCUT2D eigenvalue weighted by atomic mass is 10.2. The normalized spacial score (nSPS) is 11.0. The second kappa shape index (κ2) is 7.90. The summed E-state index contributed by atoms with van der Waals surface area (Å²) >= 11 is 0. The largest absolute Gasteiger partial charge is 0.324 e. The van der Waals surface area contributed by atoms with E-state index in [1.165, 1.54) is 16.7 Å². The number of halogens is 1. The molecule has 0 bridgehead atoms. The Balaban J connectivity index is 1.62. The first-order chi connectivity index (χ1) is 14.5. The van der Waals surface area contributed by atoms with Crippen LogP contribution in [0.2, 0.25) is 0 Å². The van der Waals surface area contributed by atoms with Gasteiger partial charge in [-0.3, -0.25) is 14.2 Å². The highest BCUT2D eigenvalue weighted by Gasteiger charge is 2.18. The molecule has 0 aliphatic rings. The van der Waals surface area contributed by atoms with Gasteiger partial charge in [0.05, 0.1) is 17.1 Å². The monoisotopic (exact) mass is 405 g/mol. The number of rotatable bonds is 5. The zero-order valence-electron chi connectivity index (χ0n) is 16.6. The summed E-state index contributed by atoms with van der Waals surface area (Å²) in [7, 11) is 1.66. The van der Waals surface area contributed by atoms with Crippen LogP contribution >= 0.6 is 0 Å². The fourth-order valence-corrected chi connectivity index (χ4v) is 3.33. The number of fused-ring (bicyclic) bond motifs is 1. The number of aromatic nitrogens is 4. The van der Waals surface area contributed by atoms with Crippen LogP contribution in [0.3, 0.4) is 0 Å². The van der Waals surface area contributed by atoms with Crippen molar-refractivity contribution in [3.63, 3.8) is 0 Å². The Kier molecular flexibility index (Phi) is 5.14. The van der Waals surface area contributed by atoms with E-state index >= 15 is 0 Å². The van der Waals surface area contributed by atoms with Crippen LogP contribution in [0.1, 0.15) is 17.8 Å². The Bertz CT molecular complexity index is 1290. The summed E-state index contributed by atoms with van der Waals surface area (Å²) in [6, 6.07) is 15.4. The number of carbonyl (C=O) groups is 1. The summed E-state index contributed by atoms with van der Waals surface area (Å²) in [6.45, 7) is 1.83. The third kappa shape index (κ3) is 3.59. The van der Waals surface area contributed by atoms with Gasteiger partial charge in [0.2, 0.25) is 5.91 Å². The average Bonchev–Trinajstić information content (AvgIpc) is 3.08. The minimum Gasteiger partial charge on any atom is -0.324 e. The Morgan fingerprint density at radius 3 is 2.53 bits per heavy atom. The van der Waals surface area contributed by atoms with E-state index in [1.54, 1.807) is 23.9 Å². The molecule has 4 aromatic rings. The molecular formula is C22H20FN5O2. The second-order valence-electron chi connectivity index (χ2n) is 6.96. The number of nitrogens with zero attached hydrogens (tertiary/aromatic N) is 4. The van der Waals surface area contributed by atoms with Crippen LogP contribution in [-0.2, 0) is 18.3 Å². The quantitative estimate of drug-likeness (QED) is 0.553. The summed E-state index contributed by atoms with van der Waals surface area (Å²) in [6.07, 6.45) is 0.146. The van der Waals surface area contributed by atoms with Gasteiger partial charge in [-0.15, -0.1) is 0 Å². The zero-order chi connectivity index (χ0) is 21.3. The van der Waals surface area contributed by atoms with Crippen LogP contribution in [0.5, 0.6) is 0 Å². The number of hydrogen-bond donors (Lipinski definition) is 1. The predicted octanol–water partition coefficient (Wildman–Crippen LogP) is 3.14. The minimum absolute atomic E-state index is 0.00789. The van der Waals surface area contributed by atoms with Gasteiger partial charge in [0.25, 0.3) is 5.56 Å². The maximum Gasteiger partial charge on any atom is 0.273 e. The van der Waals surface area contributed by atoms with E-state index in [4.69, 9.17) is 0 Å². The first kappa shape index (κ1) is 19.5. The lowest BCUT2D eigenvalue weighted by molar-refractivity contribution is -0.116. The van der Waals surface area contributed by atoms with Gasteiger partial charge >= 0.3 is 0 Å². The fraction of sp³-hybridized carbons (Fsp3) is 0.182. The predicted molar refractivity (Wildman–Crippen MR) is 112 cm³/mol. The van der Waals surface area contributed by atoms with E-state index in [0.717, 1.165) is 5.69 Å². The van der Waals surface area contributed by atoms with Gasteiger partial charge in [0.15, 0.2) is 5.65 Å². The molecule has 0 aliphatic heterocycles. The fourth-order valence-electron chi connectivity index (χ4n) is 3.33. The van der Waals surface area contributed by atoms with E-state index in [1.807, 2.05) is 37.3 Å². The van der Waals surface area contributed by atoms with Gasteiger partial charge in [-0.2, -0.15) is 5.10 Å². The van der Waals surface area contributed by atoms with Crippen LogP contribution < -0.4 is 10.9 Å². The molecule has 0 saturated carbocycles. The second-order valence-corrected chi connectivity index (χ2v) is 6.96. The molecule has 2 aromatic carbocycles. The standard InChI is InChI=1S/C22H20FN5O2/c1-14-20-21(28(26-14)15-8-4-3-5-9-15)27(2)22(30)18(25-20)12-13-19(29)24-17-11-7-6-10-16(17)23/h3-11H,12-13H2,1-2H3,(H,24,29). The lowest BCUT2D eigenvalue weighted by Crippen LogP contribution is -2.25. The highest BCUT2D eigenvalue weighted by Crippen LogP contribution is 2.19. The van der Waals surface area contributed by atoms with Crippen LogP contribution in [0.4, 0.5) is 10.1 Å². The molecule has 0 unspecified atom stereocenters. The van der Waals surface area contributed by atoms with Gasteiger partial charge in [-0.25, -0.2) is 14.1 Å². The van der Waals surface area contributed by atoms with Crippen molar-refractivity contribution in [3.05, 3.63) is 82.2 Å². The molecule has 8 heteroatoms. The van der Waals surface area contributed by atoms with Crippen LogP contribution in [-0.4, -0.2) is 25.2 Å². The molecule has 30 heavy (non-hydrogen) atoms. The van der Waals surface area contributed by atoms with E-state index in [0.29, 0.717) is 16.9 Å². The first-order valence-electron chi connectivity index (χ1n) is 9.50. The number of para-hydroxylation sites is 2. The molecule has 0 saturated heterocycles. The van der Waals surface area contributed by atoms with Crippen LogP contribution in [0.15, 0.2) is 59.4 Å². The molecule has 0 aliphatic carbocycles. The molecule has 2 aromatic heterocycles. The number of amides is 1. The molecule has 0 atom stereocenters.